The Hall–Kier alpha value is -4.12. The summed E-state index contributed by atoms with van der Waals surface area (Å²) in [4.78, 5) is 0. The Morgan fingerprint density at radius 3 is 0.814 bits per heavy atom. The first-order chi connectivity index (χ1) is 19.8. The summed E-state index contributed by atoms with van der Waals surface area (Å²) >= 11 is 0. The van der Waals surface area contributed by atoms with Crippen molar-refractivity contribution in [3.05, 3.63) is 98.6 Å². The summed E-state index contributed by atoms with van der Waals surface area (Å²) < 4.78 is 225. The van der Waals surface area contributed by atoms with Crippen molar-refractivity contribution in [2.75, 3.05) is 0 Å². The van der Waals surface area contributed by atoms with Gasteiger partial charge in [0, 0.05) is 13.8 Å². The average Bonchev–Trinajstić information content (AvgIpc) is 3.16. The van der Waals surface area contributed by atoms with E-state index in [0.717, 1.165) is 27.9 Å². The molecule has 230 valence electrons. The predicted octanol–water partition coefficient (Wildman–Crippen LogP) is 3.93. The highest BCUT2D eigenvalue weighted by Gasteiger charge is 2.55. The number of rotatable bonds is 4. The van der Waals surface area contributed by atoms with Crippen LogP contribution in [0.3, 0.4) is 0 Å². The maximum absolute atomic E-state index is 15.7. The minimum atomic E-state index is -5.84. The number of halogens is 15. The molecule has 0 spiro atoms. The summed E-state index contributed by atoms with van der Waals surface area (Å²) in [5, 5.41) is 0. The van der Waals surface area contributed by atoms with Gasteiger partial charge in [-0.3, -0.25) is 9.13 Å². The van der Waals surface area contributed by atoms with Gasteiger partial charge in [-0.15, -0.1) is 16.4 Å². The molecule has 0 saturated carbocycles. The maximum Gasteiger partial charge on any atom is 0.219 e. The molecule has 18 heteroatoms. The van der Waals surface area contributed by atoms with Crippen LogP contribution < -0.4 is 26.7 Å². The van der Waals surface area contributed by atoms with Crippen LogP contribution in [0.2, 0.25) is 0 Å². The van der Waals surface area contributed by atoms with E-state index in [9.17, 15) is 39.5 Å². The highest BCUT2D eigenvalue weighted by Crippen LogP contribution is 2.28. The molecule has 0 radical (unpaired) electrons. The van der Waals surface area contributed by atoms with E-state index in [2.05, 4.69) is 0 Å². The fourth-order valence-corrected chi connectivity index (χ4v) is 5.46. The van der Waals surface area contributed by atoms with Gasteiger partial charge in [0.1, 0.15) is 46.3 Å². The van der Waals surface area contributed by atoms with Gasteiger partial charge in [0.2, 0.25) is 6.15 Å². The first-order valence-corrected chi connectivity index (χ1v) is 11.5. The van der Waals surface area contributed by atoms with Gasteiger partial charge in [-0.05, 0) is 0 Å². The van der Waals surface area contributed by atoms with Crippen molar-refractivity contribution in [3.8, 4) is 0 Å². The smallest absolute Gasteiger partial charge is 0.219 e. The second-order valence-corrected chi connectivity index (χ2v) is 9.46. The van der Waals surface area contributed by atoms with Crippen molar-refractivity contribution < 1.29 is 70.4 Å². The van der Waals surface area contributed by atoms with Crippen LogP contribution in [0.1, 0.15) is 11.4 Å². The molecule has 0 aliphatic heterocycles. The number of benzene rings is 3. The van der Waals surface area contributed by atoms with Gasteiger partial charge in [-0.25, -0.2) is 65.9 Å². The van der Waals surface area contributed by atoms with Gasteiger partial charge in [0.05, 0.1) is 19.8 Å². The zero-order valence-electron chi connectivity index (χ0n) is 21.6. The van der Waals surface area contributed by atoms with E-state index in [0.29, 0.717) is 9.13 Å². The second kappa shape index (κ2) is 10.3. The third-order valence-electron chi connectivity index (χ3n) is 7.63. The lowest BCUT2D eigenvalue weighted by Gasteiger charge is -2.41. The van der Waals surface area contributed by atoms with Crippen LogP contribution in [0, 0.1) is 101 Å². The summed E-state index contributed by atoms with van der Waals surface area (Å²) in [5.74, 6) is -45.5. The molecule has 0 N–H and O–H groups in total. The topological polar surface area (TPSA) is 8.81 Å². The van der Waals surface area contributed by atoms with Crippen LogP contribution in [0.4, 0.5) is 65.9 Å². The lowest BCUT2D eigenvalue weighted by Crippen LogP contribution is -2.85. The van der Waals surface area contributed by atoms with Crippen molar-refractivity contribution >= 4 is 28.3 Å². The molecule has 0 saturated heterocycles. The molecule has 2 nitrogen and oxygen atoms in total. The third kappa shape index (κ3) is 3.90. The van der Waals surface area contributed by atoms with Crippen molar-refractivity contribution in [2.45, 2.75) is 13.8 Å². The molecular formula is C25H12BF15N2. The van der Waals surface area contributed by atoms with E-state index >= 15 is 26.3 Å². The Kier molecular flexibility index (Phi) is 7.59. The van der Waals surface area contributed by atoms with E-state index in [-0.39, 0.29) is 11.4 Å². The lowest BCUT2D eigenvalue weighted by atomic mass is 9.14. The molecular weight excluding hydrogens is 624 g/mol. The molecule has 0 atom stereocenters. The van der Waals surface area contributed by atoms with Crippen LogP contribution in [0.25, 0.3) is 0 Å². The summed E-state index contributed by atoms with van der Waals surface area (Å²) in [7, 11) is 1.58. The molecule has 4 aromatic rings. The standard InChI is InChI=1S/C25H12BF15N2/c1-5-6(2)43(4)25(42(5)3)26(7-10(27)16(33)22(39)17(34)11(7)28,8-12(29)18(35)23(40)19(36)13(8)30)9-14(31)20(37)24(41)21(38)15(9)32/h1-4H3. The monoisotopic (exact) mass is 636 g/mol. The first-order valence-electron chi connectivity index (χ1n) is 11.5. The number of aromatic nitrogens is 2. The molecule has 1 aromatic heterocycles. The zero-order chi connectivity index (χ0) is 32.8. The minimum absolute atomic E-state index is 0.194. The molecule has 0 unspecified atom stereocenters. The van der Waals surface area contributed by atoms with E-state index < -0.39 is 116 Å². The number of nitrogens with zero attached hydrogens (tertiary/aromatic N) is 2. The van der Waals surface area contributed by atoms with Gasteiger partial charge in [-0.1, -0.05) is 0 Å². The van der Waals surface area contributed by atoms with Crippen molar-refractivity contribution in [1.82, 2.24) is 4.57 Å². The SMILES string of the molecule is Cc1c(C)[n+](C)c([B-](c2c(F)c(F)c(F)c(F)c2F)(c2c(F)c(F)c(F)c(F)c2F)c2c(F)c(F)c(F)c(F)c2F)n1C. The normalized spacial score (nSPS) is 12.1. The van der Waals surface area contributed by atoms with E-state index in [1.807, 2.05) is 0 Å². The molecule has 1 heterocycles. The van der Waals surface area contributed by atoms with Crippen LogP contribution >= 0.6 is 0 Å². The van der Waals surface area contributed by atoms with Gasteiger partial charge < -0.3 is 0 Å². The Morgan fingerprint density at radius 2 is 0.628 bits per heavy atom. The third-order valence-corrected chi connectivity index (χ3v) is 7.63. The minimum Gasteiger partial charge on any atom is -0.270 e. The number of hydrogen-bond acceptors (Lipinski definition) is 0. The molecule has 0 aliphatic carbocycles. The van der Waals surface area contributed by atoms with E-state index in [1.165, 1.54) is 0 Å². The molecule has 0 aliphatic rings. The van der Waals surface area contributed by atoms with Crippen molar-refractivity contribution in [1.29, 1.82) is 0 Å². The molecule has 43 heavy (non-hydrogen) atoms. The molecule has 0 amide bonds. The molecule has 4 rings (SSSR count). The van der Waals surface area contributed by atoms with Crippen LogP contribution in [-0.2, 0) is 14.1 Å². The number of imidazole rings is 1. The fraction of sp³-hybridized carbons (Fsp3) is 0.160. The molecule has 0 fully saturated rings. The van der Waals surface area contributed by atoms with E-state index in [1.54, 1.807) is 0 Å². The fourth-order valence-electron chi connectivity index (χ4n) is 5.46. The van der Waals surface area contributed by atoms with Gasteiger partial charge >= 0.3 is 0 Å². The highest BCUT2D eigenvalue weighted by molar-refractivity contribution is 7.19. The van der Waals surface area contributed by atoms with Crippen molar-refractivity contribution in [2.24, 2.45) is 14.1 Å². The Labute approximate surface area is 230 Å². The quantitative estimate of drug-likeness (QED) is 0.106. The largest absolute Gasteiger partial charge is 0.270 e. The molecule has 3 aromatic carbocycles. The van der Waals surface area contributed by atoms with Crippen LogP contribution in [-0.4, -0.2) is 10.7 Å². The summed E-state index contributed by atoms with van der Waals surface area (Å²) in [6.07, 6.45) is -5.84. The van der Waals surface area contributed by atoms with Crippen molar-refractivity contribution in [3.63, 3.8) is 0 Å². The zero-order valence-corrected chi connectivity index (χ0v) is 21.6. The summed E-state index contributed by atoms with van der Waals surface area (Å²) in [6.45, 7) is 2.21. The number of hydrogen-bond donors (Lipinski definition) is 0. The second-order valence-electron chi connectivity index (χ2n) is 9.46. The lowest BCUT2D eigenvalue weighted by molar-refractivity contribution is -0.659. The highest BCUT2D eigenvalue weighted by atomic mass is 19.2. The maximum atomic E-state index is 15.7. The van der Waals surface area contributed by atoms with Gasteiger partial charge in [-0.2, -0.15) is 0 Å². The Balaban J connectivity index is 2.65. The van der Waals surface area contributed by atoms with Gasteiger partial charge in [0.15, 0.2) is 52.4 Å². The average molecular weight is 636 g/mol. The molecule has 0 bridgehead atoms. The predicted molar refractivity (Wildman–Crippen MR) is 119 cm³/mol. The summed E-state index contributed by atoms with van der Waals surface area (Å²) in [6, 6.07) is 0. The first kappa shape index (κ1) is 31.8. The Morgan fingerprint density at radius 1 is 0.419 bits per heavy atom. The van der Waals surface area contributed by atoms with Gasteiger partial charge in [0.25, 0.3) is 0 Å². The Bertz CT molecular complexity index is 1600. The van der Waals surface area contributed by atoms with Crippen LogP contribution in [0.5, 0.6) is 0 Å². The van der Waals surface area contributed by atoms with E-state index in [4.69, 9.17) is 0 Å². The van der Waals surface area contributed by atoms with Crippen LogP contribution in [0.15, 0.2) is 0 Å². The summed E-state index contributed by atoms with van der Waals surface area (Å²) in [5.41, 5.74) is -9.84.